The number of phosphoric ester groups is 1. The molecule has 4 rings (SSSR count). The number of methoxy groups -OCH3 is 1. The SMILES string of the molecule is CCOP(=O)(OCC)OC[C@H]1O[C@@H](n2cnc3c(OC)nc(Cl)nc32)[C@]2(C)COC(C)(C)O[C@H]12. The first-order valence-electron chi connectivity index (χ1n) is 11.0. The van der Waals surface area contributed by atoms with E-state index in [2.05, 4.69) is 15.0 Å². The summed E-state index contributed by atoms with van der Waals surface area (Å²) in [4.78, 5) is 12.8. The number of aromatic nitrogens is 4. The third-order valence-corrected chi connectivity index (χ3v) is 7.56. The van der Waals surface area contributed by atoms with Crippen LogP contribution in [0.15, 0.2) is 6.33 Å². The van der Waals surface area contributed by atoms with Gasteiger partial charge in [0, 0.05) is 0 Å². The minimum Gasteiger partial charge on any atom is -0.479 e. The van der Waals surface area contributed by atoms with Crippen molar-refractivity contribution < 1.29 is 37.1 Å². The van der Waals surface area contributed by atoms with Gasteiger partial charge in [-0.1, -0.05) is 6.92 Å². The fourth-order valence-corrected chi connectivity index (χ4v) is 5.61. The summed E-state index contributed by atoms with van der Waals surface area (Å²) in [5.41, 5.74) is 0.191. The van der Waals surface area contributed by atoms with Crippen molar-refractivity contribution in [2.75, 3.05) is 33.5 Å². The lowest BCUT2D eigenvalue weighted by atomic mass is 9.81. The third-order valence-electron chi connectivity index (χ3n) is 5.78. The highest BCUT2D eigenvalue weighted by Gasteiger charge is 2.60. The number of rotatable bonds is 9. The van der Waals surface area contributed by atoms with Gasteiger partial charge in [-0.3, -0.25) is 18.1 Å². The molecule has 0 aromatic carbocycles. The summed E-state index contributed by atoms with van der Waals surface area (Å²) < 4.78 is 54.8. The molecule has 0 N–H and O–H groups in total. The number of ether oxygens (including phenoxy) is 4. The van der Waals surface area contributed by atoms with Crippen molar-refractivity contribution in [2.45, 2.75) is 58.8 Å². The van der Waals surface area contributed by atoms with E-state index in [4.69, 9.17) is 44.1 Å². The van der Waals surface area contributed by atoms with Gasteiger partial charge in [0.2, 0.25) is 11.2 Å². The molecule has 2 saturated heterocycles. The Morgan fingerprint density at radius 3 is 2.56 bits per heavy atom. The lowest BCUT2D eigenvalue weighted by Crippen LogP contribution is -2.54. The summed E-state index contributed by atoms with van der Waals surface area (Å²) in [5, 5.41) is 0.0114. The standard InChI is InChI=1S/C20H30ClN4O8P/c1-7-29-34(26,30-8-2)31-9-12-14-20(5,10-28-19(3,4)33-14)17(32-12)25-11-22-13-15(25)23-18(21)24-16(13)27-6/h11-12,14,17H,7-10H2,1-6H3/t12-,14-,17-,20-/m1/s1. The van der Waals surface area contributed by atoms with Crippen molar-refractivity contribution in [1.82, 2.24) is 19.5 Å². The Hall–Kier alpha value is -1.37. The van der Waals surface area contributed by atoms with E-state index in [1.165, 1.54) is 7.11 Å². The van der Waals surface area contributed by atoms with Gasteiger partial charge in [-0.15, -0.1) is 0 Å². The highest BCUT2D eigenvalue weighted by atomic mass is 35.5. The Morgan fingerprint density at radius 1 is 1.21 bits per heavy atom. The van der Waals surface area contributed by atoms with Crippen LogP contribution in [0.3, 0.4) is 0 Å². The maximum absolute atomic E-state index is 12.9. The van der Waals surface area contributed by atoms with Gasteiger partial charge in [0.15, 0.2) is 17.0 Å². The topological polar surface area (TPSA) is 125 Å². The second-order valence-electron chi connectivity index (χ2n) is 8.66. The molecule has 0 unspecified atom stereocenters. The predicted molar refractivity (Wildman–Crippen MR) is 121 cm³/mol. The quantitative estimate of drug-likeness (QED) is 0.354. The van der Waals surface area contributed by atoms with Crippen LogP contribution in [0.1, 0.15) is 40.8 Å². The minimum absolute atomic E-state index is 0.0114. The highest BCUT2D eigenvalue weighted by molar-refractivity contribution is 7.48. The number of phosphoric acid groups is 1. The first-order valence-corrected chi connectivity index (χ1v) is 12.8. The molecule has 12 nitrogen and oxygen atoms in total. The van der Waals surface area contributed by atoms with E-state index < -0.39 is 37.5 Å². The van der Waals surface area contributed by atoms with E-state index in [-0.39, 0.29) is 31.0 Å². The Morgan fingerprint density at radius 2 is 1.91 bits per heavy atom. The van der Waals surface area contributed by atoms with Gasteiger partial charge in [-0.25, -0.2) is 9.55 Å². The molecule has 4 heterocycles. The normalized spacial score (nSPS) is 28.9. The molecule has 0 saturated carbocycles. The maximum Gasteiger partial charge on any atom is 0.474 e. The summed E-state index contributed by atoms with van der Waals surface area (Å²) in [6.07, 6.45) is -0.139. The Labute approximate surface area is 202 Å². The lowest BCUT2D eigenvalue weighted by Gasteiger charge is -2.45. The summed E-state index contributed by atoms with van der Waals surface area (Å²) in [5.74, 6) is -0.601. The molecule has 2 aromatic heterocycles. The van der Waals surface area contributed by atoms with Gasteiger partial charge >= 0.3 is 7.82 Å². The molecule has 0 aliphatic carbocycles. The van der Waals surface area contributed by atoms with Gasteiger partial charge in [-0.05, 0) is 39.3 Å². The van der Waals surface area contributed by atoms with Crippen LogP contribution in [0.4, 0.5) is 0 Å². The average molecular weight is 521 g/mol. The molecule has 4 atom stereocenters. The molecule has 14 heteroatoms. The third kappa shape index (κ3) is 4.70. The fourth-order valence-electron chi connectivity index (χ4n) is 4.27. The van der Waals surface area contributed by atoms with E-state index >= 15 is 0 Å². The van der Waals surface area contributed by atoms with Crippen LogP contribution in [-0.2, 0) is 32.3 Å². The van der Waals surface area contributed by atoms with E-state index in [0.717, 1.165) is 0 Å². The zero-order chi connectivity index (χ0) is 24.7. The number of imidazole rings is 1. The molecule has 0 radical (unpaired) electrons. The summed E-state index contributed by atoms with van der Waals surface area (Å²) in [6.45, 7) is 9.63. The van der Waals surface area contributed by atoms with Crippen LogP contribution >= 0.6 is 19.4 Å². The van der Waals surface area contributed by atoms with Crippen molar-refractivity contribution in [3.05, 3.63) is 11.6 Å². The number of nitrogens with zero attached hydrogens (tertiary/aromatic N) is 4. The van der Waals surface area contributed by atoms with Crippen LogP contribution in [-0.4, -0.2) is 71.1 Å². The van der Waals surface area contributed by atoms with E-state index in [0.29, 0.717) is 17.8 Å². The molecule has 34 heavy (non-hydrogen) atoms. The van der Waals surface area contributed by atoms with Crippen LogP contribution < -0.4 is 4.74 Å². The molecule has 0 bridgehead atoms. The number of hydrogen-bond acceptors (Lipinski definition) is 11. The minimum atomic E-state index is -3.75. The van der Waals surface area contributed by atoms with Gasteiger partial charge in [0.05, 0.1) is 45.3 Å². The van der Waals surface area contributed by atoms with Gasteiger partial charge in [-0.2, -0.15) is 9.97 Å². The van der Waals surface area contributed by atoms with Crippen molar-refractivity contribution in [2.24, 2.45) is 5.41 Å². The lowest BCUT2D eigenvalue weighted by molar-refractivity contribution is -0.314. The first-order chi connectivity index (χ1) is 16.1. The second kappa shape index (κ2) is 9.59. The van der Waals surface area contributed by atoms with Crippen LogP contribution in [0, 0.1) is 5.41 Å². The van der Waals surface area contributed by atoms with Crippen LogP contribution in [0.5, 0.6) is 5.88 Å². The fraction of sp³-hybridized carbons (Fsp3) is 0.750. The Balaban J connectivity index is 1.69. The van der Waals surface area contributed by atoms with Crippen LogP contribution in [0.25, 0.3) is 11.2 Å². The monoisotopic (exact) mass is 520 g/mol. The zero-order valence-corrected chi connectivity index (χ0v) is 21.7. The van der Waals surface area contributed by atoms with E-state index in [1.54, 1.807) is 24.7 Å². The second-order valence-corrected chi connectivity index (χ2v) is 10.7. The average Bonchev–Trinajstić information content (AvgIpc) is 3.30. The van der Waals surface area contributed by atoms with Gasteiger partial charge in [0.25, 0.3) is 0 Å². The summed E-state index contributed by atoms with van der Waals surface area (Å²) in [7, 11) is -2.27. The molecule has 190 valence electrons. The van der Waals surface area contributed by atoms with Crippen LogP contribution in [0.2, 0.25) is 5.28 Å². The molecule has 0 spiro atoms. The molecule has 2 fully saturated rings. The van der Waals surface area contributed by atoms with Crippen molar-refractivity contribution >= 4 is 30.6 Å². The number of fused-ring (bicyclic) bond motifs is 2. The summed E-state index contributed by atoms with van der Waals surface area (Å²) >= 11 is 6.12. The molecular weight excluding hydrogens is 491 g/mol. The number of hydrogen-bond donors (Lipinski definition) is 0. The molecule has 2 aliphatic heterocycles. The van der Waals surface area contributed by atoms with Crippen molar-refractivity contribution in [3.8, 4) is 5.88 Å². The van der Waals surface area contributed by atoms with Crippen molar-refractivity contribution in [3.63, 3.8) is 0 Å². The van der Waals surface area contributed by atoms with E-state index in [1.807, 2.05) is 20.8 Å². The number of halogens is 1. The maximum atomic E-state index is 12.9. The van der Waals surface area contributed by atoms with Crippen molar-refractivity contribution in [1.29, 1.82) is 0 Å². The predicted octanol–water partition coefficient (Wildman–Crippen LogP) is 3.74. The Bertz CT molecular complexity index is 1070. The summed E-state index contributed by atoms with van der Waals surface area (Å²) in [6, 6.07) is 0. The molecule has 2 aliphatic rings. The molecule has 2 aromatic rings. The molecule has 0 amide bonds. The zero-order valence-electron chi connectivity index (χ0n) is 20.0. The van der Waals surface area contributed by atoms with E-state index in [9.17, 15) is 4.57 Å². The highest BCUT2D eigenvalue weighted by Crippen LogP contribution is 2.54. The Kier molecular flexibility index (Phi) is 7.25. The smallest absolute Gasteiger partial charge is 0.474 e. The largest absolute Gasteiger partial charge is 0.479 e. The first kappa shape index (κ1) is 25.7. The van der Waals surface area contributed by atoms with Gasteiger partial charge < -0.3 is 18.9 Å². The molecular formula is C20H30ClN4O8P. The van der Waals surface area contributed by atoms with Gasteiger partial charge in [0.1, 0.15) is 18.4 Å².